The van der Waals surface area contributed by atoms with E-state index in [1.165, 1.54) is 5.56 Å². The number of nitrogens with one attached hydrogen (secondary N) is 1. The quantitative estimate of drug-likeness (QED) is 0.124. The zero-order valence-electron chi connectivity index (χ0n) is 42.1. The van der Waals surface area contributed by atoms with Crippen molar-refractivity contribution >= 4 is 17.7 Å². The maximum Gasteiger partial charge on any atom is 0.339 e. The van der Waals surface area contributed by atoms with E-state index in [-0.39, 0.29) is 67.4 Å². The second-order valence-electron chi connectivity index (χ2n) is 25.3. The van der Waals surface area contributed by atoms with Gasteiger partial charge in [-0.2, -0.15) is 0 Å². The number of epoxide rings is 1. The minimum absolute atomic E-state index is 0.00174. The number of rotatable bonds is 10. The second-order valence-corrected chi connectivity index (χ2v) is 25.3. The average Bonchev–Trinajstić information content (AvgIpc) is 3.59. The molecule has 13 rings (SSSR count). The molecule has 1 aromatic heterocycles. The molecule has 0 radical (unpaired) electrons. The Bertz CT molecular complexity index is 2570. The fourth-order valence-electron chi connectivity index (χ4n) is 19.0. The largest absolute Gasteiger partial charge is 0.469 e. The maximum atomic E-state index is 16.3. The molecule has 12 nitrogen and oxygen atoms in total. The first-order chi connectivity index (χ1) is 34.2. The van der Waals surface area contributed by atoms with Gasteiger partial charge in [-0.3, -0.25) is 14.9 Å². The molecule has 71 heavy (non-hydrogen) atoms. The molecule has 19 atom stereocenters. The van der Waals surface area contributed by atoms with E-state index in [9.17, 15) is 15.0 Å². The molecule has 1 aromatic carbocycles. The Balaban J connectivity index is 0.951. The van der Waals surface area contributed by atoms with Gasteiger partial charge in [0, 0.05) is 53.3 Å². The first-order valence-corrected chi connectivity index (χ1v) is 27.6. The van der Waals surface area contributed by atoms with E-state index in [4.69, 9.17) is 23.4 Å². The third-order valence-corrected chi connectivity index (χ3v) is 22.0. The van der Waals surface area contributed by atoms with Gasteiger partial charge in [0.05, 0.1) is 43.4 Å². The highest BCUT2D eigenvalue weighted by Crippen LogP contribution is 2.84. The van der Waals surface area contributed by atoms with Crippen molar-refractivity contribution < 1.29 is 48.0 Å². The number of Topliss-reactive ketones (excluding diaryl/α,β-unsaturated/α-hetero) is 1. The highest BCUT2D eigenvalue weighted by molar-refractivity contribution is 5.92. The van der Waals surface area contributed by atoms with Crippen LogP contribution in [0.1, 0.15) is 122 Å². The molecule has 7 heterocycles. The van der Waals surface area contributed by atoms with Crippen LogP contribution in [0.2, 0.25) is 0 Å². The van der Waals surface area contributed by atoms with Crippen LogP contribution in [-0.2, 0) is 51.8 Å². The van der Waals surface area contributed by atoms with Crippen LogP contribution in [0.4, 0.5) is 0 Å². The number of aliphatic hydroxyl groups excluding tert-OH is 2. The number of allylic oxidation sites excluding steroid dienone is 1. The molecular formula is C59H74N2O10. The van der Waals surface area contributed by atoms with Gasteiger partial charge in [0.1, 0.15) is 24.1 Å². The number of esters is 2. The fraction of sp³-hybridized carbons (Fsp3) is 0.712. The number of cyclic esters (lactones) is 1. The van der Waals surface area contributed by atoms with Crippen molar-refractivity contribution in [2.24, 2.45) is 75.4 Å². The minimum Gasteiger partial charge on any atom is -0.469 e. The Kier molecular flexibility index (Phi) is 10.9. The summed E-state index contributed by atoms with van der Waals surface area (Å²) in [6, 6.07) is 13.0. The Morgan fingerprint density at radius 1 is 1.00 bits per heavy atom. The van der Waals surface area contributed by atoms with Crippen molar-refractivity contribution in [1.29, 1.82) is 0 Å². The van der Waals surface area contributed by atoms with Gasteiger partial charge in [-0.1, -0.05) is 69.0 Å². The topological polar surface area (TPSA) is 160 Å². The molecule has 9 fully saturated rings. The normalized spacial score (nSPS) is 47.0. The zero-order valence-corrected chi connectivity index (χ0v) is 42.1. The van der Waals surface area contributed by atoms with Crippen LogP contribution in [0.3, 0.4) is 0 Å². The van der Waals surface area contributed by atoms with Crippen LogP contribution < -0.4 is 5.32 Å². The van der Waals surface area contributed by atoms with E-state index in [1.807, 2.05) is 19.1 Å². The number of ether oxygens (including phenoxy) is 4. The molecule has 6 aliphatic heterocycles. The van der Waals surface area contributed by atoms with Gasteiger partial charge in [-0.25, -0.2) is 4.79 Å². The summed E-state index contributed by atoms with van der Waals surface area (Å²) in [4.78, 5) is 47.6. The van der Waals surface area contributed by atoms with Crippen LogP contribution in [-0.4, -0.2) is 94.8 Å². The zero-order chi connectivity index (χ0) is 48.9. The van der Waals surface area contributed by atoms with Crippen LogP contribution in [0, 0.1) is 87.3 Å². The molecule has 3 N–H and O–H groups in total. The SMILES string of the molecule is CC(C)CC[C@]1(C)O[C@H]2CC(=O)OC[C@]23[C@H]2CC[C@]4(C)[C@]56O[C@@H]5C(=O)O[C@]4(c4ccoc4C[C@H](CO)[C@@H]4CC[C@H]5[C@H](C=CN7CNC[C@H]57)C4)CC#C[C@@H]4CC[C@H](Cc5ccccc5)C[C@@H]4[C@@]26[C@H](O)C(=O)[C@@H]31. The average molecular weight is 971 g/mol. The molecule has 3 spiro atoms. The van der Waals surface area contributed by atoms with Crippen molar-refractivity contribution in [3.05, 3.63) is 71.8 Å². The summed E-state index contributed by atoms with van der Waals surface area (Å²) in [5, 5.41) is 28.8. The van der Waals surface area contributed by atoms with E-state index >= 15 is 9.59 Å². The van der Waals surface area contributed by atoms with Crippen molar-refractivity contribution in [2.45, 2.75) is 159 Å². The lowest BCUT2D eigenvalue weighted by atomic mass is 9.31. The van der Waals surface area contributed by atoms with Crippen molar-refractivity contribution in [3.8, 4) is 11.8 Å². The number of nitrogens with zero attached hydrogens (tertiary/aromatic N) is 1. The lowest BCUT2D eigenvalue weighted by Crippen LogP contribution is -2.81. The lowest BCUT2D eigenvalue weighted by molar-refractivity contribution is -0.295. The van der Waals surface area contributed by atoms with Crippen LogP contribution >= 0.6 is 0 Å². The smallest absolute Gasteiger partial charge is 0.339 e. The number of hydrogen-bond donors (Lipinski definition) is 3. The highest BCUT2D eigenvalue weighted by atomic mass is 16.7. The third-order valence-electron chi connectivity index (χ3n) is 22.0. The van der Waals surface area contributed by atoms with E-state index in [0.29, 0.717) is 61.7 Å². The molecule has 0 unspecified atom stereocenters. The molecule has 4 saturated carbocycles. The summed E-state index contributed by atoms with van der Waals surface area (Å²) in [6.07, 6.45) is 12.7. The van der Waals surface area contributed by atoms with Crippen molar-refractivity contribution in [2.75, 3.05) is 26.4 Å². The van der Waals surface area contributed by atoms with Gasteiger partial charge in [0.2, 0.25) is 0 Å². The Labute approximate surface area is 418 Å². The van der Waals surface area contributed by atoms with E-state index in [0.717, 1.165) is 63.7 Å². The fourth-order valence-corrected chi connectivity index (χ4v) is 19.0. The van der Waals surface area contributed by atoms with Gasteiger partial charge in [-0.05, 0) is 143 Å². The summed E-state index contributed by atoms with van der Waals surface area (Å²) in [5.41, 5.74) is -5.00. The Morgan fingerprint density at radius 3 is 2.66 bits per heavy atom. The predicted octanol–water partition coefficient (Wildman–Crippen LogP) is 7.28. The van der Waals surface area contributed by atoms with Gasteiger partial charge >= 0.3 is 11.9 Å². The summed E-state index contributed by atoms with van der Waals surface area (Å²) in [6.45, 7) is 10.5. The summed E-state index contributed by atoms with van der Waals surface area (Å²) >= 11 is 0. The van der Waals surface area contributed by atoms with Crippen molar-refractivity contribution in [1.82, 2.24) is 10.2 Å². The molecule has 5 saturated heterocycles. The Hall–Kier alpha value is -3.99. The van der Waals surface area contributed by atoms with Crippen LogP contribution in [0.5, 0.6) is 0 Å². The van der Waals surface area contributed by atoms with E-state index in [1.54, 1.807) is 6.26 Å². The molecule has 12 heteroatoms. The molecule has 5 aliphatic carbocycles. The molecular weight excluding hydrogens is 897 g/mol. The molecule has 4 bridgehead atoms. The third kappa shape index (κ3) is 6.25. The van der Waals surface area contributed by atoms with Crippen molar-refractivity contribution in [3.63, 3.8) is 0 Å². The number of aliphatic hydroxyl groups is 2. The predicted molar refractivity (Wildman–Crippen MR) is 260 cm³/mol. The number of carbonyl (C=O) groups is 3. The minimum atomic E-state index is -1.52. The number of hydrogen-bond acceptors (Lipinski definition) is 12. The maximum absolute atomic E-state index is 16.3. The standard InChI is InChI=1S/C59H74N2O10/c1-34(2)16-21-54(3)50-49(64)51(65)58-43-26-36(25-35-9-6-5-7-10-35)12-13-37(43)11-8-20-57(42-19-24-67-45(42)28-40(31-62)38-14-15-41-39(27-38)18-23-61-33-60-30-44(41)61)55(4,59(58)52(70-59)53(66)71-57)22-17-46(58)56(50)32-68-48(63)29-47(56)69-54/h5-7,9-10,18-19,23-24,34,36-41,43-44,46-47,50-52,60,62,65H,12-17,20-22,25-33H2,1-4H3/t36-,37-,38-,39-,40-,41+,43+,44-,46-,47+,50-,51-,52-,54+,55+,56+,57+,58+,59-/m1/s1. The number of benzene rings is 1. The second kappa shape index (κ2) is 16.5. The lowest BCUT2D eigenvalue weighted by Gasteiger charge is -2.71. The van der Waals surface area contributed by atoms with Gasteiger partial charge in [-0.15, -0.1) is 0 Å². The summed E-state index contributed by atoms with van der Waals surface area (Å²) in [5.74, 6) is 7.13. The molecule has 2 aromatic rings. The highest BCUT2D eigenvalue weighted by Gasteiger charge is 2.95. The Morgan fingerprint density at radius 2 is 1.85 bits per heavy atom. The first-order valence-electron chi connectivity index (χ1n) is 27.6. The monoisotopic (exact) mass is 971 g/mol. The van der Waals surface area contributed by atoms with Crippen LogP contribution in [0.25, 0.3) is 0 Å². The molecule has 380 valence electrons. The van der Waals surface area contributed by atoms with E-state index in [2.05, 4.69) is 79.4 Å². The number of ketones is 1. The number of fused-ring (bicyclic) bond motifs is 4. The summed E-state index contributed by atoms with van der Waals surface area (Å²) in [7, 11) is 0. The van der Waals surface area contributed by atoms with Gasteiger partial charge in [0.15, 0.2) is 17.5 Å². The first kappa shape index (κ1) is 46.8. The van der Waals surface area contributed by atoms with E-state index < -0.39 is 69.2 Å². The van der Waals surface area contributed by atoms with Crippen LogP contribution in [0.15, 0.2) is 59.4 Å². The molecule has 11 aliphatic rings. The summed E-state index contributed by atoms with van der Waals surface area (Å²) < 4.78 is 34.4. The van der Waals surface area contributed by atoms with Gasteiger partial charge in [0.25, 0.3) is 0 Å². The van der Waals surface area contributed by atoms with Gasteiger partial charge < -0.3 is 38.5 Å². The molecule has 0 amide bonds. The number of carbonyl (C=O) groups excluding carboxylic acids is 3. The number of furan rings is 1.